The van der Waals surface area contributed by atoms with Gasteiger partial charge < -0.3 is 5.32 Å². The maximum atomic E-state index is 13.2. The van der Waals surface area contributed by atoms with E-state index in [-0.39, 0.29) is 11.7 Å². The Bertz CT molecular complexity index is 385. The molecular weight excluding hydrogens is 261 g/mol. The van der Waals surface area contributed by atoms with Crippen molar-refractivity contribution in [3.8, 4) is 0 Å². The molecule has 1 amide bonds. The summed E-state index contributed by atoms with van der Waals surface area (Å²) in [6, 6.07) is 4.62. The van der Waals surface area contributed by atoms with Crippen molar-refractivity contribution in [2.75, 3.05) is 5.32 Å². The minimum Gasteiger partial charge on any atom is -0.325 e. The summed E-state index contributed by atoms with van der Waals surface area (Å²) in [6.45, 7) is 5.13. The number of carbonyl (C=O) groups is 1. The normalized spacial score (nSPS) is 11.3. The molecule has 0 aliphatic rings. The molecule has 0 fully saturated rings. The van der Waals surface area contributed by atoms with Crippen LogP contribution >= 0.6 is 15.9 Å². The van der Waals surface area contributed by atoms with Gasteiger partial charge in [0.05, 0.1) is 4.32 Å². The highest BCUT2D eigenvalue weighted by molar-refractivity contribution is 9.10. The molecule has 1 aromatic rings. The zero-order chi connectivity index (χ0) is 11.6. The quantitative estimate of drug-likeness (QED) is 0.824. The molecule has 0 unspecified atom stereocenters. The third kappa shape index (κ3) is 3.30. The Morgan fingerprint density at radius 3 is 2.53 bits per heavy atom. The highest BCUT2D eigenvalue weighted by Crippen LogP contribution is 2.20. The lowest BCUT2D eigenvalue weighted by atomic mass is 10.2. The molecule has 0 heterocycles. The van der Waals surface area contributed by atoms with Crippen LogP contribution in [0, 0.1) is 12.7 Å². The van der Waals surface area contributed by atoms with E-state index in [9.17, 15) is 9.18 Å². The van der Waals surface area contributed by atoms with Crippen molar-refractivity contribution in [3.63, 3.8) is 0 Å². The fourth-order valence-corrected chi connectivity index (χ4v) is 1.05. The zero-order valence-electron chi connectivity index (χ0n) is 8.90. The van der Waals surface area contributed by atoms with Gasteiger partial charge in [0.1, 0.15) is 5.82 Å². The number of hydrogen-bond acceptors (Lipinski definition) is 1. The summed E-state index contributed by atoms with van der Waals surface area (Å²) < 4.78 is 12.5. The molecule has 4 heteroatoms. The summed E-state index contributed by atoms with van der Waals surface area (Å²) in [7, 11) is 0. The van der Waals surface area contributed by atoms with Crippen molar-refractivity contribution in [3.05, 3.63) is 29.6 Å². The first-order chi connectivity index (χ1) is 6.80. The lowest BCUT2D eigenvalue weighted by Crippen LogP contribution is -2.30. The lowest BCUT2D eigenvalue weighted by molar-refractivity contribution is -0.117. The molecule has 0 aliphatic heterocycles. The highest BCUT2D eigenvalue weighted by Gasteiger charge is 2.23. The van der Waals surface area contributed by atoms with Crippen LogP contribution in [0.5, 0.6) is 0 Å². The van der Waals surface area contributed by atoms with Crippen LogP contribution in [0.3, 0.4) is 0 Å². The van der Waals surface area contributed by atoms with Crippen LogP contribution in [0.15, 0.2) is 18.2 Å². The number of halogens is 2. The molecule has 0 aromatic heterocycles. The fraction of sp³-hybridized carbons (Fsp3) is 0.364. The predicted molar refractivity (Wildman–Crippen MR) is 62.8 cm³/mol. The van der Waals surface area contributed by atoms with E-state index < -0.39 is 4.32 Å². The summed E-state index contributed by atoms with van der Waals surface area (Å²) in [4.78, 5) is 11.5. The van der Waals surface area contributed by atoms with Gasteiger partial charge in [-0.2, -0.15) is 0 Å². The number of benzene rings is 1. The van der Waals surface area contributed by atoms with Gasteiger partial charge in [0, 0.05) is 5.69 Å². The van der Waals surface area contributed by atoms with Gasteiger partial charge >= 0.3 is 0 Å². The molecule has 0 saturated carbocycles. The van der Waals surface area contributed by atoms with Crippen LogP contribution in [0.4, 0.5) is 10.1 Å². The second-order valence-corrected chi connectivity index (χ2v) is 5.87. The number of hydrogen-bond donors (Lipinski definition) is 1. The molecule has 1 rings (SSSR count). The molecule has 1 N–H and O–H groups in total. The number of alkyl halides is 1. The lowest BCUT2D eigenvalue weighted by Gasteiger charge is -2.15. The first kappa shape index (κ1) is 12.2. The smallest absolute Gasteiger partial charge is 0.240 e. The Balaban J connectivity index is 2.83. The summed E-state index contributed by atoms with van der Waals surface area (Å²) in [5.41, 5.74) is 1.03. The molecule has 15 heavy (non-hydrogen) atoms. The second kappa shape index (κ2) is 4.31. The number of aryl methyl sites for hydroxylation is 1. The van der Waals surface area contributed by atoms with Gasteiger partial charge in [0.2, 0.25) is 5.91 Å². The molecule has 0 aliphatic carbocycles. The summed E-state index contributed by atoms with van der Waals surface area (Å²) in [5.74, 6) is -0.522. The van der Waals surface area contributed by atoms with E-state index in [1.54, 1.807) is 32.9 Å². The van der Waals surface area contributed by atoms with E-state index in [1.807, 2.05) is 0 Å². The van der Waals surface area contributed by atoms with Crippen molar-refractivity contribution < 1.29 is 9.18 Å². The van der Waals surface area contributed by atoms with Crippen molar-refractivity contribution in [1.29, 1.82) is 0 Å². The average Bonchev–Trinajstić information content (AvgIpc) is 2.10. The first-order valence-corrected chi connectivity index (χ1v) is 5.36. The third-order valence-electron chi connectivity index (χ3n) is 1.97. The van der Waals surface area contributed by atoms with Crippen LogP contribution < -0.4 is 5.32 Å². The standard InChI is InChI=1S/C11H13BrFNO/c1-7-4-5-8(6-9(7)13)14-10(15)11(2,3)12/h4-6H,1-3H3,(H,14,15). The molecule has 0 spiro atoms. The van der Waals surface area contributed by atoms with E-state index >= 15 is 0 Å². The van der Waals surface area contributed by atoms with Gasteiger partial charge in [-0.3, -0.25) is 4.79 Å². The Kier molecular flexibility index (Phi) is 3.50. The monoisotopic (exact) mass is 273 g/mol. The fourth-order valence-electron chi connectivity index (χ4n) is 0.950. The van der Waals surface area contributed by atoms with Gasteiger partial charge in [-0.05, 0) is 38.5 Å². The zero-order valence-corrected chi connectivity index (χ0v) is 10.5. The summed E-state index contributed by atoms with van der Waals surface area (Å²) in [6.07, 6.45) is 0. The molecule has 0 atom stereocenters. The first-order valence-electron chi connectivity index (χ1n) is 4.57. The predicted octanol–water partition coefficient (Wildman–Crippen LogP) is 3.25. The van der Waals surface area contributed by atoms with E-state index in [4.69, 9.17) is 0 Å². The Morgan fingerprint density at radius 1 is 1.47 bits per heavy atom. The summed E-state index contributed by atoms with van der Waals surface area (Å²) in [5, 5.41) is 2.62. The van der Waals surface area contributed by atoms with Crippen LogP contribution in [0.2, 0.25) is 0 Å². The molecular formula is C11H13BrFNO. The third-order valence-corrected chi connectivity index (χ3v) is 2.33. The van der Waals surface area contributed by atoms with Gasteiger partial charge in [-0.25, -0.2) is 4.39 Å². The Labute approximate surface area is 97.0 Å². The van der Waals surface area contributed by atoms with Crippen LogP contribution in [-0.2, 0) is 4.79 Å². The van der Waals surface area contributed by atoms with Crippen LogP contribution in [0.25, 0.3) is 0 Å². The molecule has 1 aromatic carbocycles. The average molecular weight is 274 g/mol. The maximum absolute atomic E-state index is 13.2. The largest absolute Gasteiger partial charge is 0.325 e. The second-order valence-electron chi connectivity index (χ2n) is 3.89. The van der Waals surface area contributed by atoms with Crippen LogP contribution in [-0.4, -0.2) is 10.2 Å². The molecule has 0 saturated heterocycles. The van der Waals surface area contributed by atoms with Gasteiger partial charge in [-0.15, -0.1) is 0 Å². The van der Waals surface area contributed by atoms with Crippen LogP contribution in [0.1, 0.15) is 19.4 Å². The highest BCUT2D eigenvalue weighted by atomic mass is 79.9. The Morgan fingerprint density at radius 2 is 2.07 bits per heavy atom. The number of rotatable bonds is 2. The van der Waals surface area contributed by atoms with Gasteiger partial charge in [0.15, 0.2) is 0 Å². The number of anilines is 1. The molecule has 2 nitrogen and oxygen atoms in total. The molecule has 0 radical (unpaired) electrons. The minimum absolute atomic E-state index is 0.203. The summed E-state index contributed by atoms with van der Waals surface area (Å²) >= 11 is 3.23. The number of nitrogens with one attached hydrogen (secondary N) is 1. The SMILES string of the molecule is Cc1ccc(NC(=O)C(C)(C)Br)cc1F. The van der Waals surface area contributed by atoms with Crippen molar-refractivity contribution in [1.82, 2.24) is 0 Å². The van der Waals surface area contributed by atoms with Crippen molar-refractivity contribution >= 4 is 27.5 Å². The number of carbonyl (C=O) groups excluding carboxylic acids is 1. The van der Waals surface area contributed by atoms with E-state index in [0.29, 0.717) is 11.3 Å². The Hall–Kier alpha value is -0.900. The molecule has 82 valence electrons. The van der Waals surface area contributed by atoms with E-state index in [2.05, 4.69) is 21.2 Å². The van der Waals surface area contributed by atoms with E-state index in [1.165, 1.54) is 6.07 Å². The van der Waals surface area contributed by atoms with Crippen molar-refractivity contribution in [2.24, 2.45) is 0 Å². The van der Waals surface area contributed by atoms with E-state index in [0.717, 1.165) is 0 Å². The van der Waals surface area contributed by atoms with Gasteiger partial charge in [0.25, 0.3) is 0 Å². The molecule has 0 bridgehead atoms. The van der Waals surface area contributed by atoms with Crippen molar-refractivity contribution in [2.45, 2.75) is 25.1 Å². The maximum Gasteiger partial charge on any atom is 0.240 e. The number of amides is 1. The topological polar surface area (TPSA) is 29.1 Å². The van der Waals surface area contributed by atoms with Gasteiger partial charge in [-0.1, -0.05) is 22.0 Å². The minimum atomic E-state index is -0.658.